The van der Waals surface area contributed by atoms with Crippen molar-refractivity contribution in [1.82, 2.24) is 14.8 Å². The van der Waals surface area contributed by atoms with Crippen LogP contribution in [0, 0.1) is 5.92 Å². The van der Waals surface area contributed by atoms with Crippen molar-refractivity contribution in [3.8, 4) is 0 Å². The van der Waals surface area contributed by atoms with E-state index in [1.54, 1.807) is 0 Å². The number of rotatable bonds is 3. The number of para-hydroxylation sites is 1. The van der Waals surface area contributed by atoms with Crippen LogP contribution in [0.15, 0.2) is 54.6 Å². The van der Waals surface area contributed by atoms with Gasteiger partial charge in [-0.15, -0.1) is 11.3 Å². The quantitative estimate of drug-likeness (QED) is 0.688. The molecule has 1 saturated carbocycles. The van der Waals surface area contributed by atoms with Crippen LogP contribution < -0.4 is 0 Å². The lowest BCUT2D eigenvalue weighted by molar-refractivity contribution is -0.134. The summed E-state index contributed by atoms with van der Waals surface area (Å²) in [7, 11) is 0. The largest absolute Gasteiger partial charge is 0.339 e. The van der Waals surface area contributed by atoms with Gasteiger partial charge in [0.15, 0.2) is 5.01 Å². The molecule has 0 unspecified atom stereocenters. The van der Waals surface area contributed by atoms with E-state index < -0.39 is 0 Å². The SMILES string of the molecule is O=C(c1nc2ccccc2s1)N1CCN(C(=O)[C@@H]2C[C@H]2c2ccccc2)CC1. The molecule has 2 aromatic carbocycles. The molecule has 2 atom stereocenters. The number of carbonyl (C=O) groups excluding carboxylic acids is 2. The molecule has 1 aliphatic heterocycles. The van der Waals surface area contributed by atoms with Crippen LogP contribution in [0.25, 0.3) is 10.2 Å². The highest BCUT2D eigenvalue weighted by Crippen LogP contribution is 2.48. The summed E-state index contributed by atoms with van der Waals surface area (Å²) in [6, 6.07) is 18.1. The van der Waals surface area contributed by atoms with E-state index in [1.807, 2.05) is 52.3 Å². The summed E-state index contributed by atoms with van der Waals surface area (Å²) in [4.78, 5) is 33.8. The number of hydrogen-bond acceptors (Lipinski definition) is 4. The van der Waals surface area contributed by atoms with E-state index in [0.717, 1.165) is 16.6 Å². The van der Waals surface area contributed by atoms with Gasteiger partial charge in [0.25, 0.3) is 5.91 Å². The maximum atomic E-state index is 12.8. The van der Waals surface area contributed by atoms with Crippen molar-refractivity contribution in [1.29, 1.82) is 0 Å². The number of thiazole rings is 1. The summed E-state index contributed by atoms with van der Waals surface area (Å²) in [5, 5.41) is 0.535. The predicted molar refractivity (Wildman–Crippen MR) is 109 cm³/mol. The molecular weight excluding hydrogens is 370 g/mol. The van der Waals surface area contributed by atoms with Gasteiger partial charge in [0.1, 0.15) is 0 Å². The third kappa shape index (κ3) is 3.18. The Morgan fingerprint density at radius 2 is 1.57 bits per heavy atom. The van der Waals surface area contributed by atoms with Gasteiger partial charge in [-0.3, -0.25) is 9.59 Å². The van der Waals surface area contributed by atoms with Gasteiger partial charge in [-0.25, -0.2) is 4.98 Å². The minimum Gasteiger partial charge on any atom is -0.339 e. The first-order valence-electron chi connectivity index (χ1n) is 9.69. The van der Waals surface area contributed by atoms with Crippen molar-refractivity contribution >= 4 is 33.4 Å². The average molecular weight is 391 g/mol. The molecule has 0 N–H and O–H groups in total. The monoisotopic (exact) mass is 391 g/mol. The minimum atomic E-state index is -0.0260. The Hall–Kier alpha value is -2.73. The molecule has 1 aliphatic carbocycles. The zero-order valence-electron chi connectivity index (χ0n) is 15.5. The zero-order chi connectivity index (χ0) is 19.1. The van der Waals surface area contributed by atoms with Crippen molar-refractivity contribution < 1.29 is 9.59 Å². The number of carbonyl (C=O) groups is 2. The molecule has 3 aromatic rings. The van der Waals surface area contributed by atoms with Crippen molar-refractivity contribution in [2.75, 3.05) is 26.2 Å². The predicted octanol–water partition coefficient (Wildman–Crippen LogP) is 3.38. The highest BCUT2D eigenvalue weighted by Gasteiger charge is 2.46. The Labute approximate surface area is 167 Å². The molecule has 0 bridgehead atoms. The topological polar surface area (TPSA) is 53.5 Å². The third-order valence-electron chi connectivity index (χ3n) is 5.69. The fourth-order valence-electron chi connectivity index (χ4n) is 4.00. The molecule has 5 rings (SSSR count). The van der Waals surface area contributed by atoms with Crippen molar-refractivity contribution in [2.24, 2.45) is 5.92 Å². The van der Waals surface area contributed by atoms with Gasteiger partial charge in [-0.05, 0) is 30.0 Å². The molecule has 2 fully saturated rings. The number of aromatic nitrogens is 1. The van der Waals surface area contributed by atoms with E-state index in [2.05, 4.69) is 17.1 Å². The molecule has 2 amide bonds. The normalized spacial score (nSPS) is 21.7. The van der Waals surface area contributed by atoms with Gasteiger partial charge in [-0.2, -0.15) is 0 Å². The van der Waals surface area contributed by atoms with Gasteiger partial charge >= 0.3 is 0 Å². The van der Waals surface area contributed by atoms with E-state index in [-0.39, 0.29) is 17.7 Å². The number of piperazine rings is 1. The van der Waals surface area contributed by atoms with Crippen LogP contribution in [0.2, 0.25) is 0 Å². The second-order valence-corrected chi connectivity index (χ2v) is 8.49. The van der Waals surface area contributed by atoms with E-state index in [4.69, 9.17) is 0 Å². The van der Waals surface area contributed by atoms with E-state index >= 15 is 0 Å². The third-order valence-corrected chi connectivity index (χ3v) is 6.72. The number of fused-ring (bicyclic) bond motifs is 1. The Morgan fingerprint density at radius 3 is 2.32 bits per heavy atom. The molecule has 2 heterocycles. The van der Waals surface area contributed by atoms with Crippen LogP contribution in [-0.4, -0.2) is 52.8 Å². The second-order valence-electron chi connectivity index (χ2n) is 7.46. The summed E-state index contributed by atoms with van der Waals surface area (Å²) in [5.74, 6) is 0.674. The van der Waals surface area contributed by atoms with Gasteiger partial charge in [0, 0.05) is 32.1 Å². The molecule has 0 spiro atoms. The van der Waals surface area contributed by atoms with E-state index in [9.17, 15) is 9.59 Å². The lowest BCUT2D eigenvalue weighted by Crippen LogP contribution is -2.51. The Bertz CT molecular complexity index is 991. The molecule has 28 heavy (non-hydrogen) atoms. The van der Waals surface area contributed by atoms with Gasteiger partial charge < -0.3 is 9.80 Å². The Morgan fingerprint density at radius 1 is 0.893 bits per heavy atom. The van der Waals surface area contributed by atoms with Crippen LogP contribution in [0.5, 0.6) is 0 Å². The van der Waals surface area contributed by atoms with Crippen LogP contribution in [0.1, 0.15) is 27.7 Å². The standard InChI is InChI=1S/C22H21N3O2S/c26-21(17-14-16(17)15-6-2-1-3-7-15)24-10-12-25(13-11-24)22(27)20-23-18-8-4-5-9-19(18)28-20/h1-9,16-17H,10-14H2/t16-,17+/m0/s1. The molecule has 1 aromatic heterocycles. The smallest absolute Gasteiger partial charge is 0.282 e. The van der Waals surface area contributed by atoms with Crippen LogP contribution in [-0.2, 0) is 4.79 Å². The molecule has 6 heteroatoms. The highest BCUT2D eigenvalue weighted by atomic mass is 32.1. The lowest BCUT2D eigenvalue weighted by Gasteiger charge is -2.34. The molecule has 2 aliphatic rings. The first-order chi connectivity index (χ1) is 13.7. The Balaban J connectivity index is 1.19. The second kappa shape index (κ2) is 7.02. The minimum absolute atomic E-state index is 0.0260. The zero-order valence-corrected chi connectivity index (χ0v) is 16.3. The fourth-order valence-corrected chi connectivity index (χ4v) is 4.93. The van der Waals surface area contributed by atoms with Gasteiger partial charge in [0.2, 0.25) is 5.91 Å². The van der Waals surface area contributed by atoms with Crippen LogP contribution in [0.4, 0.5) is 0 Å². The van der Waals surface area contributed by atoms with E-state index in [1.165, 1.54) is 16.9 Å². The van der Waals surface area contributed by atoms with Crippen molar-refractivity contribution in [3.05, 3.63) is 65.2 Å². The number of nitrogens with zero attached hydrogens (tertiary/aromatic N) is 3. The summed E-state index contributed by atoms with van der Waals surface area (Å²) in [5.41, 5.74) is 2.12. The summed E-state index contributed by atoms with van der Waals surface area (Å²) >= 11 is 1.44. The molecule has 0 radical (unpaired) electrons. The Kier molecular flexibility index (Phi) is 4.36. The first-order valence-corrected chi connectivity index (χ1v) is 10.5. The molecule has 142 valence electrons. The summed E-state index contributed by atoms with van der Waals surface area (Å²) < 4.78 is 1.03. The average Bonchev–Trinajstić information content (AvgIpc) is 3.44. The lowest BCUT2D eigenvalue weighted by atomic mass is 10.1. The van der Waals surface area contributed by atoms with Crippen LogP contribution >= 0.6 is 11.3 Å². The summed E-state index contributed by atoms with van der Waals surface area (Å²) in [6.45, 7) is 2.35. The fraction of sp³-hybridized carbons (Fsp3) is 0.318. The van der Waals surface area contributed by atoms with Gasteiger partial charge in [0.05, 0.1) is 10.2 Å². The van der Waals surface area contributed by atoms with Crippen molar-refractivity contribution in [3.63, 3.8) is 0 Å². The molecule has 1 saturated heterocycles. The van der Waals surface area contributed by atoms with Gasteiger partial charge in [-0.1, -0.05) is 42.5 Å². The van der Waals surface area contributed by atoms with Crippen molar-refractivity contribution in [2.45, 2.75) is 12.3 Å². The maximum absolute atomic E-state index is 12.8. The molecular formula is C22H21N3O2S. The number of hydrogen-bond donors (Lipinski definition) is 0. The molecule has 5 nitrogen and oxygen atoms in total. The highest BCUT2D eigenvalue weighted by molar-refractivity contribution is 7.20. The number of amides is 2. The maximum Gasteiger partial charge on any atom is 0.282 e. The van der Waals surface area contributed by atoms with E-state index in [0.29, 0.717) is 37.1 Å². The van der Waals surface area contributed by atoms with Crippen LogP contribution in [0.3, 0.4) is 0 Å². The summed E-state index contributed by atoms with van der Waals surface area (Å²) in [6.07, 6.45) is 0.938. The first kappa shape index (κ1) is 17.4. The number of benzene rings is 2.